The highest BCUT2D eigenvalue weighted by molar-refractivity contribution is 5.76. The van der Waals surface area contributed by atoms with Crippen LogP contribution in [0.2, 0.25) is 0 Å². The molecule has 0 bridgehead atoms. The van der Waals surface area contributed by atoms with E-state index in [4.69, 9.17) is 10.8 Å². The number of nitrogen functional groups attached to an aromatic ring is 1. The number of phenols is 1. The summed E-state index contributed by atoms with van der Waals surface area (Å²) in [5, 5.41) is 18.5. The van der Waals surface area contributed by atoms with E-state index in [0.717, 1.165) is 0 Å². The molecule has 1 atom stereocenters. The fourth-order valence-corrected chi connectivity index (χ4v) is 0.991. The fraction of sp³-hybridized carbons (Fsp3) is 0.222. The number of aliphatic hydroxyl groups excluding tert-OH is 1. The number of ether oxygens (including phenoxy) is 1. The lowest BCUT2D eigenvalue weighted by Crippen LogP contribution is -2.13. The van der Waals surface area contributed by atoms with Crippen molar-refractivity contribution in [2.75, 3.05) is 12.8 Å². The van der Waals surface area contributed by atoms with Crippen LogP contribution >= 0.6 is 0 Å². The van der Waals surface area contributed by atoms with Gasteiger partial charge in [0, 0.05) is 0 Å². The molecule has 0 spiro atoms. The Morgan fingerprint density at radius 2 is 2.21 bits per heavy atom. The second-order valence-corrected chi connectivity index (χ2v) is 2.74. The number of esters is 1. The highest BCUT2D eigenvalue weighted by Gasteiger charge is 2.18. The summed E-state index contributed by atoms with van der Waals surface area (Å²) in [6.07, 6.45) is -1.37. The molecule has 1 rings (SSSR count). The molecular weight excluding hydrogens is 186 g/mol. The van der Waals surface area contributed by atoms with E-state index in [1.54, 1.807) is 0 Å². The van der Waals surface area contributed by atoms with Crippen molar-refractivity contribution in [3.63, 3.8) is 0 Å². The summed E-state index contributed by atoms with van der Waals surface area (Å²) in [7, 11) is 1.18. The van der Waals surface area contributed by atoms with Crippen molar-refractivity contribution in [1.29, 1.82) is 0 Å². The van der Waals surface area contributed by atoms with Crippen molar-refractivity contribution >= 4 is 11.7 Å². The summed E-state index contributed by atoms with van der Waals surface area (Å²) in [6, 6.07) is 4.01. The molecule has 0 aliphatic heterocycles. The van der Waals surface area contributed by atoms with Crippen molar-refractivity contribution in [3.05, 3.63) is 23.8 Å². The smallest absolute Gasteiger partial charge is 0.339 e. The molecule has 4 N–H and O–H groups in total. The number of nitrogens with two attached hydrogens (primary N) is 1. The number of anilines is 1. The number of aromatic hydroxyl groups is 1. The maximum atomic E-state index is 10.9. The van der Waals surface area contributed by atoms with Crippen LogP contribution in [0.5, 0.6) is 5.75 Å². The van der Waals surface area contributed by atoms with Crippen LogP contribution in [0.15, 0.2) is 18.2 Å². The van der Waals surface area contributed by atoms with Crippen LogP contribution in [0, 0.1) is 0 Å². The molecule has 0 aromatic heterocycles. The summed E-state index contributed by atoms with van der Waals surface area (Å²) in [5.41, 5.74) is 5.77. The van der Waals surface area contributed by atoms with Gasteiger partial charge in [0.1, 0.15) is 5.75 Å². The zero-order valence-corrected chi connectivity index (χ0v) is 7.60. The quantitative estimate of drug-likeness (QED) is 0.357. The Kier molecular flexibility index (Phi) is 2.93. The molecule has 5 nitrogen and oxygen atoms in total. The number of hydrogen-bond donors (Lipinski definition) is 3. The van der Waals surface area contributed by atoms with Crippen molar-refractivity contribution in [1.82, 2.24) is 0 Å². The third-order valence-corrected chi connectivity index (χ3v) is 1.79. The van der Waals surface area contributed by atoms with Crippen molar-refractivity contribution in [2.45, 2.75) is 6.10 Å². The van der Waals surface area contributed by atoms with Crippen LogP contribution in [0.3, 0.4) is 0 Å². The van der Waals surface area contributed by atoms with E-state index in [2.05, 4.69) is 4.74 Å². The zero-order chi connectivity index (χ0) is 10.7. The van der Waals surface area contributed by atoms with Crippen LogP contribution in [-0.4, -0.2) is 23.3 Å². The number of carbonyl (C=O) groups is 1. The van der Waals surface area contributed by atoms with Gasteiger partial charge >= 0.3 is 5.97 Å². The highest BCUT2D eigenvalue weighted by atomic mass is 16.5. The lowest BCUT2D eigenvalue weighted by atomic mass is 10.1. The standard InChI is InChI=1S/C9H11NO4/c1-14-9(13)8(12)5-2-3-7(11)6(10)4-5/h2-4,8,11-12H,10H2,1H3. The van der Waals surface area contributed by atoms with Gasteiger partial charge in [-0.25, -0.2) is 4.79 Å². The Bertz CT molecular complexity index is 351. The summed E-state index contributed by atoms with van der Waals surface area (Å²) in [5.74, 6) is -0.860. The number of phenolic OH excluding ortho intramolecular Hbond substituents is 1. The van der Waals surface area contributed by atoms with E-state index in [1.807, 2.05) is 0 Å². The topological polar surface area (TPSA) is 92.8 Å². The number of methoxy groups -OCH3 is 1. The molecule has 0 fully saturated rings. The molecule has 0 saturated heterocycles. The molecule has 5 heteroatoms. The molecule has 76 valence electrons. The number of rotatable bonds is 2. The minimum absolute atomic E-state index is 0.0918. The Hall–Kier alpha value is -1.75. The van der Waals surface area contributed by atoms with Crippen molar-refractivity contribution < 1.29 is 19.7 Å². The van der Waals surface area contributed by atoms with Gasteiger partial charge in [0.2, 0.25) is 0 Å². The first-order valence-electron chi connectivity index (χ1n) is 3.90. The fourth-order valence-electron chi connectivity index (χ4n) is 0.991. The van der Waals surface area contributed by atoms with E-state index in [1.165, 1.54) is 25.3 Å². The van der Waals surface area contributed by atoms with Crippen LogP contribution in [0.1, 0.15) is 11.7 Å². The van der Waals surface area contributed by atoms with Gasteiger partial charge in [-0.1, -0.05) is 6.07 Å². The number of hydrogen-bond acceptors (Lipinski definition) is 5. The first kappa shape index (κ1) is 10.3. The maximum absolute atomic E-state index is 10.9. The minimum Gasteiger partial charge on any atom is -0.506 e. The van der Waals surface area contributed by atoms with Gasteiger partial charge in [-0.3, -0.25) is 0 Å². The van der Waals surface area contributed by atoms with Gasteiger partial charge in [0.25, 0.3) is 0 Å². The van der Waals surface area contributed by atoms with Gasteiger partial charge in [-0.05, 0) is 17.7 Å². The molecule has 0 radical (unpaired) electrons. The monoisotopic (exact) mass is 197 g/mol. The SMILES string of the molecule is COC(=O)C(O)c1ccc(O)c(N)c1. The number of carbonyl (C=O) groups excluding carboxylic acids is 1. The van der Waals surface area contributed by atoms with E-state index in [9.17, 15) is 9.90 Å². The first-order valence-corrected chi connectivity index (χ1v) is 3.90. The van der Waals surface area contributed by atoms with E-state index >= 15 is 0 Å². The third kappa shape index (κ3) is 1.94. The van der Waals surface area contributed by atoms with Gasteiger partial charge in [-0.2, -0.15) is 0 Å². The average Bonchev–Trinajstić information content (AvgIpc) is 2.20. The molecule has 0 saturated carbocycles. The first-order chi connectivity index (χ1) is 6.56. The predicted octanol–water partition coefficient (Wildman–Crippen LogP) is 0.181. The normalized spacial score (nSPS) is 12.1. The lowest BCUT2D eigenvalue weighted by Gasteiger charge is -2.09. The molecule has 0 aliphatic carbocycles. The summed E-state index contributed by atoms with van der Waals surface area (Å²) < 4.78 is 4.34. The van der Waals surface area contributed by atoms with Crippen LogP contribution in [0.25, 0.3) is 0 Å². The molecule has 0 aliphatic rings. The molecule has 1 unspecified atom stereocenters. The summed E-state index contributed by atoms with van der Waals surface area (Å²) in [6.45, 7) is 0. The second-order valence-electron chi connectivity index (χ2n) is 2.74. The van der Waals surface area contributed by atoms with Crippen LogP contribution in [0.4, 0.5) is 5.69 Å². The Balaban J connectivity index is 2.96. The van der Waals surface area contributed by atoms with E-state index < -0.39 is 12.1 Å². The second kappa shape index (κ2) is 3.97. The van der Waals surface area contributed by atoms with Crippen LogP contribution in [-0.2, 0) is 9.53 Å². The Morgan fingerprint density at radius 3 is 2.71 bits per heavy atom. The molecule has 14 heavy (non-hydrogen) atoms. The van der Waals surface area contributed by atoms with Gasteiger partial charge in [-0.15, -0.1) is 0 Å². The molecule has 0 heterocycles. The Labute approximate surface area is 80.7 Å². The maximum Gasteiger partial charge on any atom is 0.339 e. The van der Waals surface area contributed by atoms with E-state index in [-0.39, 0.29) is 17.0 Å². The number of aliphatic hydroxyl groups is 1. The van der Waals surface area contributed by atoms with E-state index in [0.29, 0.717) is 0 Å². The summed E-state index contributed by atoms with van der Waals surface area (Å²) >= 11 is 0. The van der Waals surface area contributed by atoms with Crippen molar-refractivity contribution in [2.24, 2.45) is 0 Å². The largest absolute Gasteiger partial charge is 0.506 e. The molecule has 1 aromatic carbocycles. The number of benzene rings is 1. The zero-order valence-electron chi connectivity index (χ0n) is 7.60. The minimum atomic E-state index is -1.37. The molecule has 1 aromatic rings. The van der Waals surface area contributed by atoms with Crippen LogP contribution < -0.4 is 5.73 Å². The highest BCUT2D eigenvalue weighted by Crippen LogP contribution is 2.24. The third-order valence-electron chi connectivity index (χ3n) is 1.79. The molecule has 0 amide bonds. The Morgan fingerprint density at radius 1 is 1.57 bits per heavy atom. The van der Waals surface area contributed by atoms with Gasteiger partial charge in [0.05, 0.1) is 12.8 Å². The predicted molar refractivity (Wildman–Crippen MR) is 49.5 cm³/mol. The van der Waals surface area contributed by atoms with Gasteiger partial charge < -0.3 is 20.7 Å². The van der Waals surface area contributed by atoms with Crippen molar-refractivity contribution in [3.8, 4) is 5.75 Å². The van der Waals surface area contributed by atoms with Gasteiger partial charge in [0.15, 0.2) is 6.10 Å². The molecular formula is C9H11NO4. The average molecular weight is 197 g/mol. The summed E-state index contributed by atoms with van der Waals surface area (Å²) in [4.78, 5) is 10.9. The lowest BCUT2D eigenvalue weighted by molar-refractivity contribution is -0.150.